The van der Waals surface area contributed by atoms with Crippen molar-refractivity contribution < 1.29 is 9.90 Å². The number of rotatable bonds is 1. The van der Waals surface area contributed by atoms with Crippen LogP contribution in [-0.2, 0) is 4.79 Å². The molecule has 0 saturated heterocycles. The Morgan fingerprint density at radius 1 is 1.88 bits per heavy atom. The minimum absolute atomic E-state index is 0. The van der Waals surface area contributed by atoms with E-state index in [0.29, 0.717) is 0 Å². The van der Waals surface area contributed by atoms with Crippen LogP contribution in [0.4, 0.5) is 0 Å². The van der Waals surface area contributed by atoms with Gasteiger partial charge in [0.15, 0.2) is 0 Å². The molecule has 0 aromatic carbocycles. The summed E-state index contributed by atoms with van der Waals surface area (Å²) in [7, 11) is 0. The van der Waals surface area contributed by atoms with E-state index >= 15 is 0 Å². The molecule has 0 saturated carbocycles. The zero-order chi connectivity index (χ0) is 5.86. The number of nitrogens with zero attached hydrogens (tertiary/aromatic N) is 1. The van der Waals surface area contributed by atoms with Gasteiger partial charge in [0.05, 0.1) is 6.07 Å². The minimum atomic E-state index is -1.07. The van der Waals surface area contributed by atoms with Gasteiger partial charge in [0.1, 0.15) is 5.92 Å². The number of carbonyl (C=O) groups is 1. The molecule has 0 aliphatic carbocycles. The van der Waals surface area contributed by atoms with Crippen LogP contribution in [0.2, 0.25) is 0 Å². The zero-order valence-corrected chi connectivity index (χ0v) is 3.88. The number of carboxylic acid groups (broad SMARTS) is 1. The van der Waals surface area contributed by atoms with Crippen LogP contribution in [-0.4, -0.2) is 62.5 Å². The van der Waals surface area contributed by atoms with Crippen LogP contribution in [0, 0.1) is 17.2 Å². The van der Waals surface area contributed by atoms with Gasteiger partial charge in [0.2, 0.25) is 0 Å². The summed E-state index contributed by atoms with van der Waals surface area (Å²) < 4.78 is 0. The van der Waals surface area contributed by atoms with Crippen molar-refractivity contribution in [3.63, 3.8) is 0 Å². The third-order valence-corrected chi connectivity index (χ3v) is 0.564. The van der Waals surface area contributed by atoms with E-state index in [9.17, 15) is 4.79 Å². The fraction of sp³-hybridized carbons (Fsp3) is 0.500. The molecule has 0 radical (unpaired) electrons. The molecule has 4 heteroatoms. The third-order valence-electron chi connectivity index (χ3n) is 0.564. The molecule has 8 heavy (non-hydrogen) atoms. The van der Waals surface area contributed by atoms with Crippen molar-refractivity contribution >= 4 is 57.4 Å². The Morgan fingerprint density at radius 3 is 2.25 bits per heavy atom. The van der Waals surface area contributed by atoms with E-state index in [4.69, 9.17) is 10.4 Å². The first-order chi connectivity index (χ1) is 3.18. The summed E-state index contributed by atoms with van der Waals surface area (Å²) >= 11 is 0. The van der Waals surface area contributed by atoms with Crippen LogP contribution in [0.15, 0.2) is 0 Å². The van der Waals surface area contributed by atoms with Gasteiger partial charge >= 0.3 is 57.4 Å². The predicted molar refractivity (Wildman–Crippen MR) is 29.6 cm³/mol. The fourth-order valence-corrected chi connectivity index (χ4v) is 0.0552. The number of hydrogen-bond acceptors (Lipinski definition) is 2. The van der Waals surface area contributed by atoms with E-state index in [1.165, 1.54) is 6.92 Å². The molecule has 1 unspecified atom stereocenters. The van der Waals surface area contributed by atoms with Crippen molar-refractivity contribution in [3.8, 4) is 6.07 Å². The van der Waals surface area contributed by atoms with Crippen LogP contribution in [0.3, 0.4) is 0 Å². The quantitative estimate of drug-likeness (QED) is 0.502. The topological polar surface area (TPSA) is 61.1 Å². The van der Waals surface area contributed by atoms with E-state index in [0.717, 1.165) is 0 Å². The SMILES string of the molecule is CC(C#N)C(=O)O.[KH]. The van der Waals surface area contributed by atoms with E-state index in [-0.39, 0.29) is 51.4 Å². The van der Waals surface area contributed by atoms with Gasteiger partial charge in [0.25, 0.3) is 0 Å². The summed E-state index contributed by atoms with van der Waals surface area (Å²) in [4.78, 5) is 9.71. The van der Waals surface area contributed by atoms with Gasteiger partial charge in [-0.2, -0.15) is 5.26 Å². The van der Waals surface area contributed by atoms with E-state index < -0.39 is 11.9 Å². The average Bonchev–Trinajstić information content (AvgIpc) is 1.65. The van der Waals surface area contributed by atoms with Crippen molar-refractivity contribution in [1.82, 2.24) is 0 Å². The monoisotopic (exact) mass is 139 g/mol. The van der Waals surface area contributed by atoms with Crippen molar-refractivity contribution in [3.05, 3.63) is 0 Å². The van der Waals surface area contributed by atoms with Gasteiger partial charge in [-0.1, -0.05) is 0 Å². The molecule has 1 N–H and O–H groups in total. The summed E-state index contributed by atoms with van der Waals surface area (Å²) in [5.41, 5.74) is 0. The van der Waals surface area contributed by atoms with Gasteiger partial charge in [-0.05, 0) is 6.92 Å². The molecule has 0 spiro atoms. The second-order valence-electron chi connectivity index (χ2n) is 1.19. The summed E-state index contributed by atoms with van der Waals surface area (Å²) in [6.45, 7) is 1.34. The second kappa shape index (κ2) is 5.73. The Bertz CT molecular complexity index is 118. The molecule has 0 bridgehead atoms. The summed E-state index contributed by atoms with van der Waals surface area (Å²) in [5.74, 6) is -1.94. The van der Waals surface area contributed by atoms with Gasteiger partial charge < -0.3 is 5.11 Å². The first-order valence-corrected chi connectivity index (χ1v) is 1.81. The second-order valence-corrected chi connectivity index (χ2v) is 1.19. The molecule has 0 fully saturated rings. The number of nitriles is 1. The standard InChI is InChI=1S/C4H5NO2.K.H/c1-3(2-5)4(6)7;;/h3H,1H3,(H,6,7);;. The number of hydrogen-bond donors (Lipinski definition) is 1. The van der Waals surface area contributed by atoms with Crippen LogP contribution in [0.1, 0.15) is 6.92 Å². The summed E-state index contributed by atoms with van der Waals surface area (Å²) in [6, 6.07) is 1.56. The Balaban J connectivity index is 0. The Hall–Kier alpha value is 0.596. The first-order valence-electron chi connectivity index (χ1n) is 1.81. The fourth-order valence-electron chi connectivity index (χ4n) is 0.0552. The molecular weight excluding hydrogens is 133 g/mol. The molecule has 0 aliphatic heterocycles. The summed E-state index contributed by atoms with van der Waals surface area (Å²) in [6.07, 6.45) is 0. The Morgan fingerprint density at radius 2 is 2.25 bits per heavy atom. The molecule has 0 aromatic rings. The Kier molecular flexibility index (Phi) is 8.16. The van der Waals surface area contributed by atoms with Crippen molar-refractivity contribution in [2.45, 2.75) is 6.92 Å². The first kappa shape index (κ1) is 11.4. The van der Waals surface area contributed by atoms with Crippen molar-refractivity contribution in [2.75, 3.05) is 0 Å². The van der Waals surface area contributed by atoms with Gasteiger partial charge in [-0.3, -0.25) is 4.79 Å². The van der Waals surface area contributed by atoms with Crippen LogP contribution in [0.25, 0.3) is 0 Å². The molecular formula is C4H6KNO2. The maximum atomic E-state index is 9.71. The van der Waals surface area contributed by atoms with E-state index in [1.807, 2.05) is 0 Å². The third kappa shape index (κ3) is 4.75. The number of carboxylic acids is 1. The van der Waals surface area contributed by atoms with E-state index in [1.54, 1.807) is 6.07 Å². The predicted octanol–water partition coefficient (Wildman–Crippen LogP) is -0.418. The van der Waals surface area contributed by atoms with Crippen LogP contribution >= 0.6 is 0 Å². The Labute approximate surface area is 90.1 Å². The molecule has 40 valence electrons. The molecule has 0 rings (SSSR count). The molecule has 0 heterocycles. The van der Waals surface area contributed by atoms with Crippen molar-refractivity contribution in [1.29, 1.82) is 5.26 Å². The normalized spacial score (nSPS) is 10.5. The molecule has 0 aliphatic rings. The summed E-state index contributed by atoms with van der Waals surface area (Å²) in [5, 5.41) is 15.8. The molecule has 0 aromatic heterocycles. The van der Waals surface area contributed by atoms with Crippen LogP contribution in [0.5, 0.6) is 0 Å². The molecule has 1 atom stereocenters. The van der Waals surface area contributed by atoms with E-state index in [2.05, 4.69) is 0 Å². The van der Waals surface area contributed by atoms with Gasteiger partial charge in [-0.15, -0.1) is 0 Å². The maximum absolute atomic E-state index is 9.71. The molecule has 0 amide bonds. The average molecular weight is 139 g/mol. The number of aliphatic carboxylic acids is 1. The van der Waals surface area contributed by atoms with Crippen molar-refractivity contribution in [2.24, 2.45) is 5.92 Å². The van der Waals surface area contributed by atoms with Crippen LogP contribution < -0.4 is 0 Å². The van der Waals surface area contributed by atoms with Gasteiger partial charge in [0, 0.05) is 0 Å². The van der Waals surface area contributed by atoms with Gasteiger partial charge in [-0.25, -0.2) is 0 Å². The molecule has 3 nitrogen and oxygen atoms in total. The zero-order valence-electron chi connectivity index (χ0n) is 3.88.